The molecule has 0 bridgehead atoms. The Bertz CT molecular complexity index is 1040. The summed E-state index contributed by atoms with van der Waals surface area (Å²) in [5.41, 5.74) is 0.442. The lowest BCUT2D eigenvalue weighted by Crippen LogP contribution is -2.37. The van der Waals surface area contributed by atoms with Gasteiger partial charge in [0, 0.05) is 11.9 Å². The Hall–Kier alpha value is -2.26. The lowest BCUT2D eigenvalue weighted by atomic mass is 9.57. The van der Waals surface area contributed by atoms with Gasteiger partial charge < -0.3 is 14.4 Å². The maximum atomic E-state index is 12.4. The smallest absolute Gasteiger partial charge is 0.240 e. The lowest BCUT2D eigenvalue weighted by Gasteiger charge is -2.48. The van der Waals surface area contributed by atoms with E-state index in [0.29, 0.717) is 6.42 Å². The molecular weight excluding hydrogens is 454 g/mol. The summed E-state index contributed by atoms with van der Waals surface area (Å²) in [5, 5.41) is 15.3. The maximum absolute atomic E-state index is 12.4. The standard InChI is InChI=1S/C25H37N3O5S/c1-24(2,3)25(14-8-5-9-15-25)16-10-11-19(17-22(29)30)23-27-21(28-33-23)18-26-34(31,32)20-12-6-4-7-13-20/h4,6-7,12-13,19,26H,5,8-11,14-18H2,1-3H3,(H,29,30)/p-1. The Morgan fingerprint density at radius 2 is 1.85 bits per heavy atom. The maximum Gasteiger partial charge on any atom is 0.240 e. The number of sulfonamides is 1. The van der Waals surface area contributed by atoms with Gasteiger partial charge in [-0.3, -0.25) is 0 Å². The van der Waals surface area contributed by atoms with Crippen molar-refractivity contribution in [1.29, 1.82) is 0 Å². The van der Waals surface area contributed by atoms with Crippen molar-refractivity contribution in [3.05, 3.63) is 42.0 Å². The summed E-state index contributed by atoms with van der Waals surface area (Å²) in [5.74, 6) is -1.25. The van der Waals surface area contributed by atoms with Crippen LogP contribution in [0.15, 0.2) is 39.8 Å². The molecule has 0 radical (unpaired) electrons. The van der Waals surface area contributed by atoms with Crippen molar-refractivity contribution in [2.75, 3.05) is 0 Å². The molecule has 0 amide bonds. The summed E-state index contributed by atoms with van der Waals surface area (Å²) in [6.45, 7) is 6.76. The van der Waals surface area contributed by atoms with Crippen LogP contribution in [0.2, 0.25) is 0 Å². The highest BCUT2D eigenvalue weighted by atomic mass is 32.2. The zero-order valence-electron chi connectivity index (χ0n) is 20.4. The molecule has 9 heteroatoms. The highest BCUT2D eigenvalue weighted by molar-refractivity contribution is 7.89. The number of aromatic nitrogens is 2. The minimum atomic E-state index is -3.71. The van der Waals surface area contributed by atoms with Crippen LogP contribution in [0, 0.1) is 10.8 Å². The molecule has 3 rings (SSSR count). The average molecular weight is 491 g/mol. The number of carboxylic acids is 1. The fourth-order valence-corrected chi connectivity index (χ4v) is 6.15. The quantitative estimate of drug-likeness (QED) is 0.506. The van der Waals surface area contributed by atoms with E-state index in [1.807, 2.05) is 0 Å². The topological polar surface area (TPSA) is 125 Å². The summed E-state index contributed by atoms with van der Waals surface area (Å²) in [6, 6.07) is 8.01. The van der Waals surface area contributed by atoms with Crippen LogP contribution in [0.25, 0.3) is 0 Å². The summed E-state index contributed by atoms with van der Waals surface area (Å²) in [6.07, 6.45) is 8.44. The van der Waals surface area contributed by atoms with Crippen molar-refractivity contribution in [1.82, 2.24) is 14.9 Å². The number of carbonyl (C=O) groups is 1. The first-order valence-electron chi connectivity index (χ1n) is 12.1. The van der Waals surface area contributed by atoms with Gasteiger partial charge in [0.2, 0.25) is 15.9 Å². The highest BCUT2D eigenvalue weighted by Gasteiger charge is 2.41. The molecule has 1 N–H and O–H groups in total. The molecule has 8 nitrogen and oxygen atoms in total. The second-order valence-corrected chi connectivity index (χ2v) is 12.2. The number of hydrogen-bond donors (Lipinski definition) is 1. The lowest BCUT2D eigenvalue weighted by molar-refractivity contribution is -0.306. The molecule has 1 aliphatic carbocycles. The predicted molar refractivity (Wildman–Crippen MR) is 126 cm³/mol. The summed E-state index contributed by atoms with van der Waals surface area (Å²) in [4.78, 5) is 15.8. The van der Waals surface area contributed by atoms with Gasteiger partial charge >= 0.3 is 0 Å². The zero-order valence-corrected chi connectivity index (χ0v) is 21.2. The fourth-order valence-electron chi connectivity index (χ4n) is 5.15. The Kier molecular flexibility index (Phi) is 8.52. The minimum absolute atomic E-state index is 0.143. The first-order chi connectivity index (χ1) is 16.0. The number of benzene rings is 1. The molecule has 34 heavy (non-hydrogen) atoms. The Balaban J connectivity index is 1.64. The highest BCUT2D eigenvalue weighted by Crippen LogP contribution is 2.53. The van der Waals surface area contributed by atoms with Gasteiger partial charge in [-0.05, 0) is 55.1 Å². The van der Waals surface area contributed by atoms with Crippen LogP contribution in [0.4, 0.5) is 0 Å². The SMILES string of the molecule is CC(C)(C)C1(CCCC(CC(=O)[O-])c2nc(CNS(=O)(=O)c3ccccc3)no2)CCCCC1. The molecule has 0 saturated heterocycles. The van der Waals surface area contributed by atoms with Gasteiger partial charge in [0.25, 0.3) is 0 Å². The second-order valence-electron chi connectivity index (χ2n) is 10.4. The molecule has 188 valence electrons. The van der Waals surface area contributed by atoms with E-state index in [9.17, 15) is 18.3 Å². The van der Waals surface area contributed by atoms with Crippen molar-refractivity contribution in [2.45, 2.75) is 95.9 Å². The molecule has 1 aliphatic rings. The van der Waals surface area contributed by atoms with Crippen molar-refractivity contribution in [2.24, 2.45) is 10.8 Å². The van der Waals surface area contributed by atoms with Crippen molar-refractivity contribution in [3.63, 3.8) is 0 Å². The third kappa shape index (κ3) is 6.66. The van der Waals surface area contributed by atoms with Crippen LogP contribution in [0.3, 0.4) is 0 Å². The van der Waals surface area contributed by atoms with Crippen LogP contribution in [0.1, 0.15) is 96.2 Å². The summed E-state index contributed by atoms with van der Waals surface area (Å²) < 4.78 is 32.6. The van der Waals surface area contributed by atoms with Gasteiger partial charge in [-0.15, -0.1) is 0 Å². The number of hydrogen-bond acceptors (Lipinski definition) is 7. The molecule has 0 aliphatic heterocycles. The summed E-state index contributed by atoms with van der Waals surface area (Å²) in [7, 11) is -3.71. The van der Waals surface area contributed by atoms with E-state index >= 15 is 0 Å². The third-order valence-corrected chi connectivity index (χ3v) is 8.75. The third-order valence-electron chi connectivity index (χ3n) is 7.33. The molecule has 0 spiro atoms. The van der Waals surface area contributed by atoms with Gasteiger partial charge in [0.05, 0.1) is 11.4 Å². The molecule has 1 saturated carbocycles. The van der Waals surface area contributed by atoms with Crippen LogP contribution in [-0.4, -0.2) is 24.5 Å². The zero-order chi connectivity index (χ0) is 24.8. The largest absolute Gasteiger partial charge is 0.550 e. The number of carboxylic acid groups (broad SMARTS) is 1. The average Bonchev–Trinajstić information content (AvgIpc) is 3.26. The molecule has 1 heterocycles. The van der Waals surface area contributed by atoms with E-state index in [-0.39, 0.29) is 40.4 Å². The van der Waals surface area contributed by atoms with E-state index in [2.05, 4.69) is 35.6 Å². The number of carbonyl (C=O) groups excluding carboxylic acids is 1. The normalized spacial score (nSPS) is 17.4. The molecule has 1 atom stereocenters. The molecule has 1 aromatic carbocycles. The van der Waals surface area contributed by atoms with Crippen LogP contribution >= 0.6 is 0 Å². The predicted octanol–water partition coefficient (Wildman–Crippen LogP) is 3.94. The second kappa shape index (κ2) is 11.0. The first kappa shape index (κ1) is 26.3. The van der Waals surface area contributed by atoms with Crippen LogP contribution < -0.4 is 9.83 Å². The van der Waals surface area contributed by atoms with Crippen molar-refractivity contribution < 1.29 is 22.8 Å². The molecule has 1 unspecified atom stereocenters. The number of aliphatic carboxylic acids is 1. The van der Waals surface area contributed by atoms with Crippen LogP contribution in [-0.2, 0) is 21.4 Å². The molecule has 2 aromatic rings. The van der Waals surface area contributed by atoms with E-state index in [0.717, 1.165) is 12.8 Å². The van der Waals surface area contributed by atoms with Gasteiger partial charge in [0.1, 0.15) is 0 Å². The Morgan fingerprint density at radius 1 is 1.18 bits per heavy atom. The number of rotatable bonds is 11. The van der Waals surface area contributed by atoms with Gasteiger partial charge in [-0.25, -0.2) is 13.1 Å². The van der Waals surface area contributed by atoms with E-state index < -0.39 is 21.9 Å². The van der Waals surface area contributed by atoms with Gasteiger partial charge in [0.15, 0.2) is 5.82 Å². The minimum Gasteiger partial charge on any atom is -0.550 e. The number of nitrogens with one attached hydrogen (secondary N) is 1. The van der Waals surface area contributed by atoms with Gasteiger partial charge in [-0.1, -0.05) is 69.8 Å². The number of nitrogens with zero attached hydrogens (tertiary/aromatic N) is 2. The Labute approximate surface area is 202 Å². The van der Waals surface area contributed by atoms with Crippen LogP contribution in [0.5, 0.6) is 0 Å². The fraction of sp³-hybridized carbons (Fsp3) is 0.640. The van der Waals surface area contributed by atoms with E-state index in [4.69, 9.17) is 4.52 Å². The van der Waals surface area contributed by atoms with E-state index in [1.165, 1.54) is 44.2 Å². The molecule has 1 fully saturated rings. The van der Waals surface area contributed by atoms with Gasteiger partial charge in [-0.2, -0.15) is 4.98 Å². The van der Waals surface area contributed by atoms with Crippen molar-refractivity contribution in [3.8, 4) is 0 Å². The molecular formula is C25H36N3O5S-. The monoisotopic (exact) mass is 490 g/mol. The molecule has 1 aromatic heterocycles. The van der Waals surface area contributed by atoms with Crippen molar-refractivity contribution >= 4 is 16.0 Å². The Morgan fingerprint density at radius 3 is 2.47 bits per heavy atom. The van der Waals surface area contributed by atoms with E-state index in [1.54, 1.807) is 18.2 Å². The summed E-state index contributed by atoms with van der Waals surface area (Å²) >= 11 is 0. The first-order valence-corrected chi connectivity index (χ1v) is 13.6.